The van der Waals surface area contributed by atoms with Gasteiger partial charge in [0.1, 0.15) is 18.3 Å². The van der Waals surface area contributed by atoms with E-state index in [2.05, 4.69) is 5.32 Å². The summed E-state index contributed by atoms with van der Waals surface area (Å²) in [5.41, 5.74) is 3.95. The molecule has 248 valence electrons. The molecule has 0 aliphatic carbocycles. The second-order valence-electron chi connectivity index (χ2n) is 11.8. The van der Waals surface area contributed by atoms with Crippen molar-refractivity contribution in [3.8, 4) is 5.75 Å². The number of ether oxygens (including phenoxy) is 1. The molecule has 47 heavy (non-hydrogen) atoms. The zero-order valence-electron chi connectivity index (χ0n) is 27.8. The number of benzene rings is 4. The lowest BCUT2D eigenvalue weighted by atomic mass is 10.0. The van der Waals surface area contributed by atoms with Crippen LogP contribution in [0.1, 0.15) is 49.4 Å². The van der Waals surface area contributed by atoms with Gasteiger partial charge >= 0.3 is 0 Å². The van der Waals surface area contributed by atoms with Gasteiger partial charge in [-0.05, 0) is 81.6 Å². The first-order valence-electron chi connectivity index (χ1n) is 16.0. The Hall–Kier alpha value is -4.63. The zero-order chi connectivity index (χ0) is 34.0. The summed E-state index contributed by atoms with van der Waals surface area (Å²) in [6.07, 6.45) is 0.977. The third-order valence-electron chi connectivity index (χ3n) is 8.03. The van der Waals surface area contributed by atoms with Crippen LogP contribution < -0.4 is 14.4 Å². The lowest BCUT2D eigenvalue weighted by Gasteiger charge is -2.34. The second-order valence-corrected chi connectivity index (χ2v) is 13.6. The average Bonchev–Trinajstić information content (AvgIpc) is 3.06. The minimum absolute atomic E-state index is 0.0605. The molecule has 1 N–H and O–H groups in total. The highest BCUT2D eigenvalue weighted by molar-refractivity contribution is 7.92. The molecular formula is C38H45N3O5S. The highest BCUT2D eigenvalue weighted by atomic mass is 32.2. The number of aryl methyl sites for hydroxylation is 2. The Balaban J connectivity index is 1.81. The summed E-state index contributed by atoms with van der Waals surface area (Å²) < 4.78 is 35.2. The van der Waals surface area contributed by atoms with Crippen LogP contribution in [0.4, 0.5) is 5.69 Å². The summed E-state index contributed by atoms with van der Waals surface area (Å²) in [5.74, 6) is -0.213. The topological polar surface area (TPSA) is 96.0 Å². The standard InChI is InChI=1S/C38H45N3O5S/c1-6-30(5)39-38(43)36(25-31-13-9-8-10-14-31)40(26-32-15-11-12-29(4)24-32)37(42)27-41(33-18-20-34(21-19-33)46-7-2)47(44,45)35-22-16-28(3)17-23-35/h8-24,30,36H,6-7,25-27H2,1-5H3,(H,39,43)/t30-,36-/m0/s1. The smallest absolute Gasteiger partial charge is 0.264 e. The number of amides is 2. The van der Waals surface area contributed by atoms with Crippen LogP contribution in [-0.2, 0) is 32.6 Å². The summed E-state index contributed by atoms with van der Waals surface area (Å²) in [4.78, 5) is 30.2. The molecule has 0 radical (unpaired) electrons. The first-order chi connectivity index (χ1) is 22.5. The maximum atomic E-state index is 14.6. The lowest BCUT2D eigenvalue weighted by Crippen LogP contribution is -2.54. The van der Waals surface area contributed by atoms with Crippen LogP contribution in [0, 0.1) is 13.8 Å². The van der Waals surface area contributed by atoms with Crippen molar-refractivity contribution in [1.82, 2.24) is 10.2 Å². The monoisotopic (exact) mass is 655 g/mol. The van der Waals surface area contributed by atoms with Crippen molar-refractivity contribution in [2.75, 3.05) is 17.5 Å². The number of rotatable bonds is 15. The Morgan fingerprint density at radius 2 is 1.47 bits per heavy atom. The summed E-state index contributed by atoms with van der Waals surface area (Å²) >= 11 is 0. The molecule has 0 aliphatic rings. The molecule has 0 saturated carbocycles. The molecule has 2 amide bonds. The molecule has 0 aliphatic heterocycles. The molecule has 0 saturated heterocycles. The van der Waals surface area contributed by atoms with E-state index in [0.717, 1.165) is 33.0 Å². The summed E-state index contributed by atoms with van der Waals surface area (Å²) in [6.45, 7) is 9.68. The van der Waals surface area contributed by atoms with Crippen LogP contribution in [0.3, 0.4) is 0 Å². The third-order valence-corrected chi connectivity index (χ3v) is 9.82. The van der Waals surface area contributed by atoms with Crippen molar-refractivity contribution < 1.29 is 22.7 Å². The fourth-order valence-corrected chi connectivity index (χ4v) is 6.66. The van der Waals surface area contributed by atoms with Crippen molar-refractivity contribution in [3.05, 3.63) is 125 Å². The predicted molar refractivity (Wildman–Crippen MR) is 187 cm³/mol. The number of hydrogen-bond donors (Lipinski definition) is 1. The Morgan fingerprint density at radius 3 is 2.09 bits per heavy atom. The van der Waals surface area contributed by atoms with Gasteiger partial charge in [0, 0.05) is 19.0 Å². The molecular weight excluding hydrogens is 611 g/mol. The van der Waals surface area contributed by atoms with E-state index < -0.39 is 28.5 Å². The van der Waals surface area contributed by atoms with E-state index in [4.69, 9.17) is 4.74 Å². The van der Waals surface area contributed by atoms with Crippen LogP contribution >= 0.6 is 0 Å². The molecule has 0 bridgehead atoms. The molecule has 4 rings (SSSR count). The Morgan fingerprint density at radius 1 is 0.809 bits per heavy atom. The Kier molecular flexibility index (Phi) is 12.2. The van der Waals surface area contributed by atoms with E-state index in [0.29, 0.717) is 18.0 Å². The van der Waals surface area contributed by atoms with Gasteiger partial charge in [0.25, 0.3) is 10.0 Å². The van der Waals surface area contributed by atoms with Crippen molar-refractivity contribution in [1.29, 1.82) is 0 Å². The highest BCUT2D eigenvalue weighted by Crippen LogP contribution is 2.27. The van der Waals surface area contributed by atoms with Gasteiger partial charge in [-0.15, -0.1) is 0 Å². The Labute approximate surface area is 279 Å². The van der Waals surface area contributed by atoms with Gasteiger partial charge in [0.15, 0.2) is 0 Å². The average molecular weight is 656 g/mol. The quantitative estimate of drug-likeness (QED) is 0.159. The maximum absolute atomic E-state index is 14.6. The molecule has 0 spiro atoms. The summed E-state index contributed by atoms with van der Waals surface area (Å²) in [5, 5.41) is 3.07. The van der Waals surface area contributed by atoms with Crippen LogP contribution in [0.15, 0.2) is 108 Å². The second kappa shape index (κ2) is 16.3. The maximum Gasteiger partial charge on any atom is 0.264 e. The number of nitrogens with zero attached hydrogens (tertiary/aromatic N) is 2. The molecule has 0 aromatic heterocycles. The minimum Gasteiger partial charge on any atom is -0.494 e. The van der Waals surface area contributed by atoms with Crippen molar-refractivity contribution in [2.45, 2.75) is 71.0 Å². The number of sulfonamides is 1. The fourth-order valence-electron chi connectivity index (χ4n) is 5.24. The van der Waals surface area contributed by atoms with Crippen LogP contribution in [0.2, 0.25) is 0 Å². The number of nitrogens with one attached hydrogen (secondary N) is 1. The fraction of sp³-hybridized carbons (Fsp3) is 0.316. The molecule has 4 aromatic carbocycles. The Bertz CT molecular complexity index is 1730. The molecule has 0 heterocycles. The number of carbonyl (C=O) groups excluding carboxylic acids is 2. The lowest BCUT2D eigenvalue weighted by molar-refractivity contribution is -0.140. The molecule has 0 fully saturated rings. The number of hydrogen-bond acceptors (Lipinski definition) is 5. The van der Waals surface area contributed by atoms with Gasteiger partial charge < -0.3 is 15.0 Å². The third kappa shape index (κ3) is 9.45. The van der Waals surface area contributed by atoms with E-state index in [1.54, 1.807) is 48.5 Å². The van der Waals surface area contributed by atoms with Crippen molar-refractivity contribution in [3.63, 3.8) is 0 Å². The van der Waals surface area contributed by atoms with Crippen LogP contribution in [-0.4, -0.2) is 50.4 Å². The van der Waals surface area contributed by atoms with Gasteiger partial charge in [-0.25, -0.2) is 8.42 Å². The van der Waals surface area contributed by atoms with Gasteiger partial charge in [-0.1, -0.05) is 84.8 Å². The van der Waals surface area contributed by atoms with Gasteiger partial charge in [0.2, 0.25) is 11.8 Å². The van der Waals surface area contributed by atoms with Gasteiger partial charge in [0.05, 0.1) is 17.2 Å². The summed E-state index contributed by atoms with van der Waals surface area (Å²) in [6, 6.07) is 29.5. The SMILES string of the molecule is CCOc1ccc(N(CC(=O)N(Cc2cccc(C)c2)[C@@H](Cc2ccccc2)C(=O)N[C@@H](C)CC)S(=O)(=O)c2ccc(C)cc2)cc1. The first-order valence-corrected chi connectivity index (χ1v) is 17.5. The number of carbonyl (C=O) groups is 2. The molecule has 0 unspecified atom stereocenters. The molecule has 8 nitrogen and oxygen atoms in total. The van der Waals surface area contributed by atoms with E-state index in [9.17, 15) is 18.0 Å². The molecule has 2 atom stereocenters. The van der Waals surface area contributed by atoms with Crippen LogP contribution in [0.5, 0.6) is 5.75 Å². The van der Waals surface area contributed by atoms with E-state index in [-0.39, 0.29) is 29.8 Å². The van der Waals surface area contributed by atoms with E-state index >= 15 is 0 Å². The highest BCUT2D eigenvalue weighted by Gasteiger charge is 2.35. The van der Waals surface area contributed by atoms with E-state index in [1.165, 1.54) is 4.90 Å². The van der Waals surface area contributed by atoms with E-state index in [1.807, 2.05) is 89.2 Å². The van der Waals surface area contributed by atoms with Crippen LogP contribution in [0.25, 0.3) is 0 Å². The predicted octanol–water partition coefficient (Wildman–Crippen LogP) is 6.45. The van der Waals surface area contributed by atoms with Crippen molar-refractivity contribution in [2.24, 2.45) is 0 Å². The minimum atomic E-state index is -4.19. The van der Waals surface area contributed by atoms with Gasteiger partial charge in [-0.3, -0.25) is 13.9 Å². The normalized spacial score (nSPS) is 12.5. The molecule has 4 aromatic rings. The summed E-state index contributed by atoms with van der Waals surface area (Å²) in [7, 11) is -4.19. The number of anilines is 1. The molecule has 9 heteroatoms. The first kappa shape index (κ1) is 35.2. The zero-order valence-corrected chi connectivity index (χ0v) is 28.7. The van der Waals surface area contributed by atoms with Crippen molar-refractivity contribution >= 4 is 27.5 Å². The largest absolute Gasteiger partial charge is 0.494 e. The van der Waals surface area contributed by atoms with Gasteiger partial charge in [-0.2, -0.15) is 0 Å².